The fraction of sp³-hybridized carbons (Fsp3) is 0.400. The number of thiazole rings is 1. The Balaban J connectivity index is 1.83. The molecule has 1 amide bonds. The molecule has 0 spiro atoms. The quantitative estimate of drug-likeness (QED) is 0.797. The normalized spacial score (nSPS) is 10.4. The van der Waals surface area contributed by atoms with E-state index < -0.39 is 0 Å². The standard InChI is InChI=1S/C15H19N3OS/c1-2-3-9-17-14(19)7-8-15-18-13(11-20-15)12-6-4-5-10-16-12/h4-6,10-11H,2-3,7-9H2,1H3,(H,17,19). The lowest BCUT2D eigenvalue weighted by molar-refractivity contribution is -0.121. The van der Waals surface area contributed by atoms with E-state index in [0.29, 0.717) is 12.8 Å². The Labute approximate surface area is 123 Å². The van der Waals surface area contributed by atoms with Crippen LogP contribution in [0, 0.1) is 0 Å². The van der Waals surface area contributed by atoms with Crippen molar-refractivity contribution in [1.82, 2.24) is 15.3 Å². The van der Waals surface area contributed by atoms with Crippen LogP contribution >= 0.6 is 11.3 Å². The van der Waals surface area contributed by atoms with E-state index >= 15 is 0 Å². The molecule has 0 atom stereocenters. The summed E-state index contributed by atoms with van der Waals surface area (Å²) in [5.41, 5.74) is 1.76. The number of hydrogen-bond donors (Lipinski definition) is 1. The molecule has 0 radical (unpaired) electrons. The number of rotatable bonds is 7. The summed E-state index contributed by atoms with van der Waals surface area (Å²) in [5.74, 6) is 0.105. The Kier molecular flexibility index (Phi) is 5.68. The molecule has 20 heavy (non-hydrogen) atoms. The van der Waals surface area contributed by atoms with Crippen molar-refractivity contribution >= 4 is 17.2 Å². The summed E-state index contributed by atoms with van der Waals surface area (Å²) in [6, 6.07) is 5.77. The number of carbonyl (C=O) groups excluding carboxylic acids is 1. The zero-order valence-corrected chi connectivity index (χ0v) is 12.4. The van der Waals surface area contributed by atoms with E-state index in [9.17, 15) is 4.79 Å². The highest BCUT2D eigenvalue weighted by Gasteiger charge is 2.07. The molecule has 0 aliphatic heterocycles. The van der Waals surface area contributed by atoms with E-state index in [-0.39, 0.29) is 5.91 Å². The SMILES string of the molecule is CCCCNC(=O)CCc1nc(-c2ccccn2)cs1. The summed E-state index contributed by atoms with van der Waals surface area (Å²) < 4.78 is 0. The van der Waals surface area contributed by atoms with Gasteiger partial charge in [0.2, 0.25) is 5.91 Å². The van der Waals surface area contributed by atoms with E-state index in [1.54, 1.807) is 17.5 Å². The van der Waals surface area contributed by atoms with Gasteiger partial charge in [-0.2, -0.15) is 0 Å². The molecule has 2 rings (SSSR count). The van der Waals surface area contributed by atoms with Crippen molar-refractivity contribution in [2.24, 2.45) is 0 Å². The van der Waals surface area contributed by atoms with Crippen molar-refractivity contribution in [3.63, 3.8) is 0 Å². The van der Waals surface area contributed by atoms with Crippen LogP contribution in [0.3, 0.4) is 0 Å². The van der Waals surface area contributed by atoms with Crippen molar-refractivity contribution in [3.8, 4) is 11.4 Å². The Hall–Kier alpha value is -1.75. The maximum Gasteiger partial charge on any atom is 0.220 e. The van der Waals surface area contributed by atoms with Crippen LogP contribution in [-0.4, -0.2) is 22.4 Å². The molecular formula is C15H19N3OS. The van der Waals surface area contributed by atoms with Crippen LogP contribution in [0.15, 0.2) is 29.8 Å². The molecular weight excluding hydrogens is 270 g/mol. The highest BCUT2D eigenvalue weighted by Crippen LogP contribution is 2.20. The van der Waals surface area contributed by atoms with Gasteiger partial charge in [-0.05, 0) is 18.6 Å². The van der Waals surface area contributed by atoms with Gasteiger partial charge in [-0.1, -0.05) is 19.4 Å². The molecule has 5 heteroatoms. The third kappa shape index (κ3) is 4.42. The minimum atomic E-state index is 0.105. The van der Waals surface area contributed by atoms with Gasteiger partial charge < -0.3 is 5.32 Å². The Morgan fingerprint density at radius 2 is 2.25 bits per heavy atom. The van der Waals surface area contributed by atoms with Gasteiger partial charge in [0.1, 0.15) is 0 Å². The molecule has 0 aliphatic carbocycles. The number of amides is 1. The van der Waals surface area contributed by atoms with E-state index in [1.165, 1.54) is 0 Å². The highest BCUT2D eigenvalue weighted by atomic mass is 32.1. The predicted molar refractivity (Wildman–Crippen MR) is 81.6 cm³/mol. The second-order valence-corrected chi connectivity index (χ2v) is 5.49. The first-order chi connectivity index (χ1) is 9.79. The summed E-state index contributed by atoms with van der Waals surface area (Å²) in [7, 11) is 0. The Bertz CT molecular complexity index is 539. The first-order valence-electron chi connectivity index (χ1n) is 6.92. The number of nitrogens with one attached hydrogen (secondary N) is 1. The number of nitrogens with zero attached hydrogens (tertiary/aromatic N) is 2. The van der Waals surface area contributed by atoms with Gasteiger partial charge in [0, 0.05) is 31.0 Å². The molecule has 2 aromatic rings. The van der Waals surface area contributed by atoms with Crippen molar-refractivity contribution < 1.29 is 4.79 Å². The number of aromatic nitrogens is 2. The van der Waals surface area contributed by atoms with Crippen LogP contribution < -0.4 is 5.32 Å². The lowest BCUT2D eigenvalue weighted by atomic mass is 10.2. The molecule has 2 aromatic heterocycles. The molecule has 0 saturated carbocycles. The molecule has 0 fully saturated rings. The average Bonchev–Trinajstić information content (AvgIpc) is 2.95. The summed E-state index contributed by atoms with van der Waals surface area (Å²) >= 11 is 1.58. The van der Waals surface area contributed by atoms with Crippen LogP contribution in [0.1, 0.15) is 31.2 Å². The Morgan fingerprint density at radius 3 is 3.00 bits per heavy atom. The van der Waals surface area contributed by atoms with Gasteiger partial charge in [0.05, 0.1) is 16.4 Å². The number of hydrogen-bond acceptors (Lipinski definition) is 4. The van der Waals surface area contributed by atoms with Crippen LogP contribution in [-0.2, 0) is 11.2 Å². The zero-order valence-electron chi connectivity index (χ0n) is 11.6. The molecule has 0 aliphatic rings. The summed E-state index contributed by atoms with van der Waals surface area (Å²) in [6.45, 7) is 2.88. The number of aryl methyl sites for hydroxylation is 1. The summed E-state index contributed by atoms with van der Waals surface area (Å²) in [4.78, 5) is 20.4. The smallest absolute Gasteiger partial charge is 0.220 e. The lowest BCUT2D eigenvalue weighted by Crippen LogP contribution is -2.24. The van der Waals surface area contributed by atoms with Crippen molar-refractivity contribution in [3.05, 3.63) is 34.8 Å². The van der Waals surface area contributed by atoms with Gasteiger partial charge in [-0.15, -0.1) is 11.3 Å². The van der Waals surface area contributed by atoms with Gasteiger partial charge in [0.25, 0.3) is 0 Å². The summed E-state index contributed by atoms with van der Waals surface area (Å²) in [6.07, 6.45) is 5.08. The fourth-order valence-corrected chi connectivity index (χ4v) is 2.56. The van der Waals surface area contributed by atoms with Crippen LogP contribution in [0.4, 0.5) is 0 Å². The molecule has 0 bridgehead atoms. The lowest BCUT2D eigenvalue weighted by Gasteiger charge is -2.02. The van der Waals surface area contributed by atoms with Gasteiger partial charge in [-0.25, -0.2) is 4.98 Å². The van der Waals surface area contributed by atoms with Crippen LogP contribution in [0.2, 0.25) is 0 Å². The second kappa shape index (κ2) is 7.75. The zero-order chi connectivity index (χ0) is 14.2. The molecule has 1 N–H and O–H groups in total. The van der Waals surface area contributed by atoms with E-state index in [1.807, 2.05) is 23.6 Å². The fourth-order valence-electron chi connectivity index (χ4n) is 1.77. The minimum absolute atomic E-state index is 0.105. The largest absolute Gasteiger partial charge is 0.356 e. The van der Waals surface area contributed by atoms with Gasteiger partial charge in [0.15, 0.2) is 0 Å². The van der Waals surface area contributed by atoms with Crippen molar-refractivity contribution in [2.75, 3.05) is 6.54 Å². The monoisotopic (exact) mass is 289 g/mol. The van der Waals surface area contributed by atoms with E-state index in [0.717, 1.165) is 35.8 Å². The first-order valence-corrected chi connectivity index (χ1v) is 7.80. The Morgan fingerprint density at radius 1 is 1.35 bits per heavy atom. The third-order valence-corrected chi connectivity index (χ3v) is 3.81. The topological polar surface area (TPSA) is 54.9 Å². The highest BCUT2D eigenvalue weighted by molar-refractivity contribution is 7.09. The molecule has 0 unspecified atom stereocenters. The van der Waals surface area contributed by atoms with Gasteiger partial charge in [-0.3, -0.25) is 9.78 Å². The van der Waals surface area contributed by atoms with E-state index in [4.69, 9.17) is 0 Å². The van der Waals surface area contributed by atoms with Crippen LogP contribution in [0.25, 0.3) is 11.4 Å². The van der Waals surface area contributed by atoms with Crippen molar-refractivity contribution in [2.45, 2.75) is 32.6 Å². The van der Waals surface area contributed by atoms with Crippen molar-refractivity contribution in [1.29, 1.82) is 0 Å². The maximum absolute atomic E-state index is 11.6. The number of pyridine rings is 1. The average molecular weight is 289 g/mol. The van der Waals surface area contributed by atoms with E-state index in [2.05, 4.69) is 22.2 Å². The number of carbonyl (C=O) groups is 1. The van der Waals surface area contributed by atoms with Gasteiger partial charge >= 0.3 is 0 Å². The number of unbranched alkanes of at least 4 members (excludes halogenated alkanes) is 1. The van der Waals surface area contributed by atoms with Crippen LogP contribution in [0.5, 0.6) is 0 Å². The molecule has 2 heterocycles. The minimum Gasteiger partial charge on any atom is -0.356 e. The molecule has 4 nitrogen and oxygen atoms in total. The molecule has 0 saturated heterocycles. The first kappa shape index (κ1) is 14.7. The second-order valence-electron chi connectivity index (χ2n) is 4.54. The molecule has 0 aromatic carbocycles. The predicted octanol–water partition coefficient (Wildman–Crippen LogP) is 3.05. The third-order valence-electron chi connectivity index (χ3n) is 2.90. The maximum atomic E-state index is 11.6. The summed E-state index contributed by atoms with van der Waals surface area (Å²) in [5, 5.41) is 5.89. The molecule has 106 valence electrons.